The summed E-state index contributed by atoms with van der Waals surface area (Å²) >= 11 is 5.80. The summed E-state index contributed by atoms with van der Waals surface area (Å²) < 4.78 is 40.1. The van der Waals surface area contributed by atoms with E-state index in [0.29, 0.717) is 6.54 Å². The molecule has 3 rings (SSSR count). The lowest BCUT2D eigenvalue weighted by atomic mass is 10.1. The Labute approximate surface area is 135 Å². The number of hydrogen-bond acceptors (Lipinski definition) is 3. The Morgan fingerprint density at radius 1 is 1.13 bits per heavy atom. The average Bonchev–Trinajstić information content (AvgIpc) is 2.86. The van der Waals surface area contributed by atoms with E-state index in [4.69, 9.17) is 11.6 Å². The van der Waals surface area contributed by atoms with Crippen molar-refractivity contribution in [2.45, 2.75) is 26.6 Å². The van der Waals surface area contributed by atoms with Gasteiger partial charge in [0.05, 0.1) is 12.9 Å². The molecule has 0 bridgehead atoms. The molecule has 0 aliphatic rings. The SMILES string of the molecule is Cc1ccc(Cn2cnc3c(Cl)nc(C(F)(F)F)nc32)cc1C. The molecular formula is C15H12ClF3N4. The quantitative estimate of drug-likeness (QED) is 0.658. The predicted octanol–water partition coefficient (Wildman–Crippen LogP) is 4.16. The minimum Gasteiger partial charge on any atom is -0.311 e. The van der Waals surface area contributed by atoms with Gasteiger partial charge in [0.25, 0.3) is 0 Å². The number of aryl methyl sites for hydroxylation is 2. The van der Waals surface area contributed by atoms with Crippen molar-refractivity contribution in [2.75, 3.05) is 0 Å². The summed E-state index contributed by atoms with van der Waals surface area (Å²) in [5.41, 5.74) is 3.42. The Morgan fingerprint density at radius 2 is 1.87 bits per heavy atom. The van der Waals surface area contributed by atoms with Gasteiger partial charge in [0.1, 0.15) is 5.52 Å². The van der Waals surface area contributed by atoms with Crippen LogP contribution in [0, 0.1) is 13.8 Å². The van der Waals surface area contributed by atoms with E-state index >= 15 is 0 Å². The van der Waals surface area contributed by atoms with E-state index in [9.17, 15) is 13.2 Å². The van der Waals surface area contributed by atoms with Crippen LogP contribution in [-0.2, 0) is 12.7 Å². The zero-order valence-electron chi connectivity index (χ0n) is 12.3. The fourth-order valence-electron chi connectivity index (χ4n) is 2.25. The number of nitrogens with zero attached hydrogens (tertiary/aromatic N) is 4. The van der Waals surface area contributed by atoms with Crippen LogP contribution < -0.4 is 0 Å². The number of aromatic nitrogens is 4. The number of rotatable bonds is 2. The second-order valence-electron chi connectivity index (χ2n) is 5.30. The van der Waals surface area contributed by atoms with E-state index < -0.39 is 12.0 Å². The molecule has 0 unspecified atom stereocenters. The summed E-state index contributed by atoms with van der Waals surface area (Å²) in [5.74, 6) is -1.27. The van der Waals surface area contributed by atoms with Crippen molar-refractivity contribution in [1.82, 2.24) is 19.5 Å². The lowest BCUT2D eigenvalue weighted by Crippen LogP contribution is -2.12. The number of alkyl halides is 3. The molecule has 0 saturated carbocycles. The summed E-state index contributed by atoms with van der Waals surface area (Å²) in [6.07, 6.45) is -3.24. The Morgan fingerprint density at radius 3 is 2.52 bits per heavy atom. The van der Waals surface area contributed by atoms with E-state index in [1.54, 1.807) is 0 Å². The summed E-state index contributed by atoms with van der Waals surface area (Å²) in [5, 5.41) is -0.304. The summed E-state index contributed by atoms with van der Waals surface area (Å²) in [7, 11) is 0. The van der Waals surface area contributed by atoms with Crippen molar-refractivity contribution in [3.8, 4) is 0 Å². The molecule has 2 aromatic heterocycles. The zero-order valence-corrected chi connectivity index (χ0v) is 13.1. The summed E-state index contributed by atoms with van der Waals surface area (Å²) in [6.45, 7) is 4.32. The first-order valence-electron chi connectivity index (χ1n) is 6.77. The highest BCUT2D eigenvalue weighted by molar-refractivity contribution is 6.33. The predicted molar refractivity (Wildman–Crippen MR) is 80.4 cm³/mol. The minimum absolute atomic E-state index is 0.0653. The normalized spacial score (nSPS) is 12.1. The Hall–Kier alpha value is -2.15. The van der Waals surface area contributed by atoms with Crippen LogP contribution in [0.4, 0.5) is 13.2 Å². The van der Waals surface area contributed by atoms with Crippen LogP contribution in [-0.4, -0.2) is 19.5 Å². The highest BCUT2D eigenvalue weighted by Gasteiger charge is 2.36. The number of hydrogen-bond donors (Lipinski definition) is 0. The van der Waals surface area contributed by atoms with Gasteiger partial charge in [-0.3, -0.25) is 0 Å². The molecule has 0 N–H and O–H groups in total. The molecule has 1 aromatic carbocycles. The molecule has 120 valence electrons. The van der Waals surface area contributed by atoms with Gasteiger partial charge in [-0.15, -0.1) is 0 Å². The van der Waals surface area contributed by atoms with Gasteiger partial charge in [0.2, 0.25) is 5.82 Å². The van der Waals surface area contributed by atoms with Crippen molar-refractivity contribution in [3.05, 3.63) is 52.2 Å². The van der Waals surface area contributed by atoms with Crippen molar-refractivity contribution in [2.24, 2.45) is 0 Å². The first-order chi connectivity index (χ1) is 10.8. The van der Waals surface area contributed by atoms with E-state index in [2.05, 4.69) is 15.0 Å². The lowest BCUT2D eigenvalue weighted by molar-refractivity contribution is -0.144. The van der Waals surface area contributed by atoms with Gasteiger partial charge in [-0.25, -0.2) is 15.0 Å². The smallest absolute Gasteiger partial charge is 0.311 e. The third-order valence-electron chi connectivity index (χ3n) is 3.60. The highest BCUT2D eigenvalue weighted by Crippen LogP contribution is 2.29. The molecule has 8 heteroatoms. The molecule has 3 aromatic rings. The Balaban J connectivity index is 2.07. The summed E-state index contributed by atoms with van der Waals surface area (Å²) in [4.78, 5) is 10.9. The van der Waals surface area contributed by atoms with Crippen molar-refractivity contribution in [1.29, 1.82) is 0 Å². The number of fused-ring (bicyclic) bond motifs is 1. The van der Waals surface area contributed by atoms with Gasteiger partial charge >= 0.3 is 6.18 Å². The molecule has 2 heterocycles. The van der Waals surface area contributed by atoms with Crippen LogP contribution in [0.3, 0.4) is 0 Å². The minimum atomic E-state index is -4.66. The standard InChI is InChI=1S/C15H12ClF3N4/c1-8-3-4-10(5-9(8)2)6-23-7-20-11-12(16)21-14(15(17,18)19)22-13(11)23/h3-5,7H,6H2,1-2H3. The van der Waals surface area contributed by atoms with Crippen molar-refractivity contribution in [3.63, 3.8) is 0 Å². The van der Waals surface area contributed by atoms with Gasteiger partial charge < -0.3 is 4.57 Å². The molecule has 0 aliphatic carbocycles. The Kier molecular flexibility index (Phi) is 3.75. The molecule has 0 saturated heterocycles. The molecule has 23 heavy (non-hydrogen) atoms. The monoisotopic (exact) mass is 340 g/mol. The lowest BCUT2D eigenvalue weighted by Gasteiger charge is -2.09. The van der Waals surface area contributed by atoms with Gasteiger partial charge in [-0.1, -0.05) is 29.8 Å². The fourth-order valence-corrected chi connectivity index (χ4v) is 2.46. The third-order valence-corrected chi connectivity index (χ3v) is 3.86. The van der Waals surface area contributed by atoms with Crippen LogP contribution in [0.2, 0.25) is 5.15 Å². The van der Waals surface area contributed by atoms with Gasteiger partial charge in [-0.05, 0) is 30.5 Å². The van der Waals surface area contributed by atoms with Gasteiger partial charge in [0.15, 0.2) is 10.8 Å². The number of halogens is 4. The first kappa shape index (κ1) is 15.7. The highest BCUT2D eigenvalue weighted by atomic mass is 35.5. The van der Waals surface area contributed by atoms with E-state index in [1.807, 2.05) is 32.0 Å². The molecule has 0 spiro atoms. The molecule has 0 radical (unpaired) electrons. The zero-order chi connectivity index (χ0) is 16.8. The topological polar surface area (TPSA) is 43.6 Å². The maximum Gasteiger partial charge on any atom is 0.451 e. The maximum atomic E-state index is 12.8. The largest absolute Gasteiger partial charge is 0.451 e. The molecular weight excluding hydrogens is 329 g/mol. The van der Waals surface area contributed by atoms with E-state index in [-0.39, 0.29) is 16.3 Å². The first-order valence-corrected chi connectivity index (χ1v) is 7.15. The van der Waals surface area contributed by atoms with Crippen molar-refractivity contribution >= 4 is 22.8 Å². The van der Waals surface area contributed by atoms with Crippen molar-refractivity contribution < 1.29 is 13.2 Å². The molecule has 0 aliphatic heterocycles. The van der Waals surface area contributed by atoms with E-state index in [0.717, 1.165) is 16.7 Å². The molecule has 4 nitrogen and oxygen atoms in total. The summed E-state index contributed by atoms with van der Waals surface area (Å²) in [6, 6.07) is 5.86. The van der Waals surface area contributed by atoms with Crippen LogP contribution in [0.25, 0.3) is 11.2 Å². The fraction of sp³-hybridized carbons (Fsp3) is 0.267. The third kappa shape index (κ3) is 3.01. The van der Waals surface area contributed by atoms with Crippen LogP contribution in [0.1, 0.15) is 22.5 Å². The number of benzene rings is 1. The maximum absolute atomic E-state index is 12.8. The average molecular weight is 341 g/mol. The van der Waals surface area contributed by atoms with Crippen LogP contribution in [0.15, 0.2) is 24.5 Å². The van der Waals surface area contributed by atoms with Crippen LogP contribution >= 0.6 is 11.6 Å². The van der Waals surface area contributed by atoms with Gasteiger partial charge in [0, 0.05) is 0 Å². The Bertz CT molecular complexity index is 886. The number of imidazole rings is 1. The van der Waals surface area contributed by atoms with E-state index in [1.165, 1.54) is 10.9 Å². The second-order valence-corrected chi connectivity index (χ2v) is 5.66. The molecule has 0 atom stereocenters. The molecule has 0 amide bonds. The molecule has 0 fully saturated rings. The van der Waals surface area contributed by atoms with Crippen LogP contribution in [0.5, 0.6) is 0 Å². The van der Waals surface area contributed by atoms with Gasteiger partial charge in [-0.2, -0.15) is 13.2 Å². The second kappa shape index (κ2) is 5.49.